The molecule has 2 fully saturated rings. The quantitative estimate of drug-likeness (QED) is 0.142. The molecule has 0 radical (unpaired) electrons. The van der Waals surface area contributed by atoms with Crippen LogP contribution in [0.25, 0.3) is 56.0 Å². The minimum atomic E-state index is -0.261. The average molecular weight is 628 g/mol. The third-order valence-corrected chi connectivity index (χ3v) is 9.63. The van der Waals surface area contributed by atoms with Gasteiger partial charge in [-0.2, -0.15) is 5.10 Å². The Morgan fingerprint density at radius 2 is 1.81 bits per heavy atom. The van der Waals surface area contributed by atoms with Crippen molar-refractivity contribution in [2.45, 2.75) is 51.4 Å². The molecular formula is C37H38FN9. The fourth-order valence-corrected chi connectivity index (χ4v) is 7.17. The number of halogens is 1. The van der Waals surface area contributed by atoms with E-state index in [9.17, 15) is 4.39 Å². The van der Waals surface area contributed by atoms with Gasteiger partial charge in [0.05, 0.1) is 40.5 Å². The molecule has 47 heavy (non-hydrogen) atoms. The zero-order valence-corrected chi connectivity index (χ0v) is 26.4. The van der Waals surface area contributed by atoms with Crippen molar-refractivity contribution >= 4 is 27.6 Å². The maximum Gasteiger partial charge on any atom is 0.159 e. The lowest BCUT2D eigenvalue weighted by Gasteiger charge is -2.15. The topological polar surface area (TPSA) is 111 Å². The highest BCUT2D eigenvalue weighted by Crippen LogP contribution is 2.34. The van der Waals surface area contributed by atoms with Crippen LogP contribution in [0.3, 0.4) is 0 Å². The van der Waals surface area contributed by atoms with Crippen LogP contribution < -0.4 is 5.32 Å². The molecule has 5 aromatic heterocycles. The van der Waals surface area contributed by atoms with E-state index in [1.807, 2.05) is 30.6 Å². The number of rotatable bonds is 10. The lowest BCUT2D eigenvalue weighted by atomic mass is 10.0. The number of imidazole rings is 1. The van der Waals surface area contributed by atoms with Gasteiger partial charge in [-0.3, -0.25) is 20.1 Å². The van der Waals surface area contributed by atoms with E-state index in [0.717, 1.165) is 69.6 Å². The van der Waals surface area contributed by atoms with Crippen LogP contribution in [0.2, 0.25) is 0 Å². The molecule has 1 aliphatic heterocycles. The number of nitrogens with one attached hydrogen (secondary N) is 3. The summed E-state index contributed by atoms with van der Waals surface area (Å²) in [6, 6.07) is 11.2. The molecule has 238 valence electrons. The molecule has 6 heterocycles. The highest BCUT2D eigenvalue weighted by molar-refractivity contribution is 5.97. The minimum Gasteiger partial charge on any atom is -0.358 e. The Kier molecular flexibility index (Phi) is 7.94. The Morgan fingerprint density at radius 3 is 2.68 bits per heavy atom. The Morgan fingerprint density at radius 1 is 0.936 bits per heavy atom. The molecule has 9 nitrogen and oxygen atoms in total. The number of H-pyrrole nitrogens is 2. The van der Waals surface area contributed by atoms with Crippen molar-refractivity contribution < 1.29 is 4.39 Å². The largest absolute Gasteiger partial charge is 0.358 e. The Bertz CT molecular complexity index is 2070. The lowest BCUT2D eigenvalue weighted by Crippen LogP contribution is -2.20. The molecule has 8 rings (SSSR count). The van der Waals surface area contributed by atoms with Crippen LogP contribution in [-0.2, 0) is 6.42 Å². The first-order valence-corrected chi connectivity index (χ1v) is 16.7. The van der Waals surface area contributed by atoms with Crippen molar-refractivity contribution in [3.63, 3.8) is 0 Å². The van der Waals surface area contributed by atoms with E-state index in [2.05, 4.69) is 48.0 Å². The molecule has 10 heteroatoms. The summed E-state index contributed by atoms with van der Waals surface area (Å²) in [6.07, 6.45) is 16.4. The number of benzene rings is 1. The van der Waals surface area contributed by atoms with E-state index in [-0.39, 0.29) is 5.82 Å². The molecule has 1 saturated carbocycles. The van der Waals surface area contributed by atoms with Gasteiger partial charge >= 0.3 is 0 Å². The number of aromatic amines is 2. The summed E-state index contributed by atoms with van der Waals surface area (Å²) in [5.74, 6) is 0.846. The fourth-order valence-electron chi connectivity index (χ4n) is 7.17. The van der Waals surface area contributed by atoms with E-state index in [0.29, 0.717) is 28.6 Å². The summed E-state index contributed by atoms with van der Waals surface area (Å²) < 4.78 is 14.9. The van der Waals surface area contributed by atoms with Crippen LogP contribution in [-0.4, -0.2) is 59.7 Å². The van der Waals surface area contributed by atoms with Crippen molar-refractivity contribution in [1.29, 1.82) is 0 Å². The molecule has 2 aliphatic rings. The summed E-state index contributed by atoms with van der Waals surface area (Å²) in [6.45, 7) is 7.68. The predicted octanol–water partition coefficient (Wildman–Crippen LogP) is 7.91. The highest BCUT2D eigenvalue weighted by atomic mass is 19.1. The number of aryl methyl sites for hydroxylation is 1. The standard InChI is InChI=1S/C37H38FN9/c1-23(25-8-2-3-9-25)42-29-18-27(20-39-21-29)32-19-30-33(22-41-32)45-46-35(30)37-43-31-10-11-40-34(36(31)44-37)26-15-24(16-28(38)17-26)7-6-14-47-12-4-5-13-47/h10-11,15-22,25,42H,1-9,12-14H2,(H,43,44)(H,45,46). The zero-order chi connectivity index (χ0) is 31.7. The van der Waals surface area contributed by atoms with E-state index >= 15 is 0 Å². The third kappa shape index (κ3) is 6.13. The SMILES string of the molecule is C=C(Nc1cncc(-c2cc3c(-c4nc5c(-c6cc(F)cc(CCCN7CCCC7)c6)nccc5[nH]4)n[nH]c3cn2)c1)C1CCCC1. The van der Waals surface area contributed by atoms with Gasteiger partial charge in [-0.1, -0.05) is 19.4 Å². The second-order valence-electron chi connectivity index (χ2n) is 12.9. The van der Waals surface area contributed by atoms with Crippen LogP contribution in [0.4, 0.5) is 10.1 Å². The van der Waals surface area contributed by atoms with Crippen molar-refractivity contribution in [3.05, 3.63) is 84.8 Å². The second kappa shape index (κ2) is 12.7. The number of likely N-dealkylation sites (tertiary alicyclic amines) is 1. The van der Waals surface area contributed by atoms with Gasteiger partial charge < -0.3 is 15.2 Å². The summed E-state index contributed by atoms with van der Waals surface area (Å²) in [5, 5.41) is 12.1. The second-order valence-corrected chi connectivity index (χ2v) is 12.9. The predicted molar refractivity (Wildman–Crippen MR) is 184 cm³/mol. The van der Waals surface area contributed by atoms with Crippen LogP contribution in [0.1, 0.15) is 50.5 Å². The van der Waals surface area contributed by atoms with Gasteiger partial charge in [0.2, 0.25) is 0 Å². The molecule has 1 aromatic carbocycles. The maximum atomic E-state index is 14.9. The Balaban J connectivity index is 1.08. The average Bonchev–Trinajstić information content (AvgIpc) is 3.91. The fraction of sp³-hybridized carbons (Fsp3) is 0.324. The molecular weight excluding hydrogens is 589 g/mol. The monoisotopic (exact) mass is 627 g/mol. The van der Waals surface area contributed by atoms with Gasteiger partial charge in [-0.25, -0.2) is 9.37 Å². The lowest BCUT2D eigenvalue weighted by molar-refractivity contribution is 0.334. The number of pyridine rings is 3. The first-order chi connectivity index (χ1) is 23.1. The van der Waals surface area contributed by atoms with Crippen LogP contribution in [0.15, 0.2) is 73.5 Å². The first kappa shape index (κ1) is 29.4. The molecule has 3 N–H and O–H groups in total. The summed E-state index contributed by atoms with van der Waals surface area (Å²) in [5.41, 5.74) is 8.90. The Labute approximate surface area is 272 Å². The molecule has 0 amide bonds. The van der Waals surface area contributed by atoms with Crippen molar-refractivity contribution in [2.24, 2.45) is 5.92 Å². The number of anilines is 1. The molecule has 1 aliphatic carbocycles. The molecule has 0 unspecified atom stereocenters. The summed E-state index contributed by atoms with van der Waals surface area (Å²) >= 11 is 0. The molecule has 6 aromatic rings. The number of hydrogen-bond acceptors (Lipinski definition) is 7. The van der Waals surface area contributed by atoms with Gasteiger partial charge in [0.15, 0.2) is 5.82 Å². The van der Waals surface area contributed by atoms with Gasteiger partial charge in [-0.05, 0) is 106 Å². The third-order valence-electron chi connectivity index (χ3n) is 9.63. The van der Waals surface area contributed by atoms with Gasteiger partial charge in [0, 0.05) is 34.6 Å². The summed E-state index contributed by atoms with van der Waals surface area (Å²) in [4.78, 5) is 24.7. The van der Waals surface area contributed by atoms with Crippen molar-refractivity contribution in [1.82, 2.24) is 40.0 Å². The van der Waals surface area contributed by atoms with Crippen molar-refractivity contribution in [3.8, 4) is 34.0 Å². The first-order valence-electron chi connectivity index (χ1n) is 16.7. The molecule has 1 saturated heterocycles. The van der Waals surface area contributed by atoms with E-state index in [4.69, 9.17) is 9.97 Å². The molecule has 0 bridgehead atoms. The van der Waals surface area contributed by atoms with Gasteiger partial charge in [0.1, 0.15) is 17.0 Å². The van der Waals surface area contributed by atoms with Gasteiger partial charge in [-0.15, -0.1) is 0 Å². The van der Waals surface area contributed by atoms with Crippen molar-refractivity contribution in [2.75, 3.05) is 25.0 Å². The highest BCUT2D eigenvalue weighted by Gasteiger charge is 2.20. The zero-order valence-electron chi connectivity index (χ0n) is 26.4. The number of hydrogen-bond donors (Lipinski definition) is 3. The van der Waals surface area contributed by atoms with E-state index < -0.39 is 0 Å². The molecule has 0 spiro atoms. The smallest absolute Gasteiger partial charge is 0.159 e. The van der Waals surface area contributed by atoms with Crippen LogP contribution >= 0.6 is 0 Å². The number of fused-ring (bicyclic) bond motifs is 2. The number of nitrogens with zero attached hydrogens (tertiary/aromatic N) is 6. The minimum absolute atomic E-state index is 0.261. The number of allylic oxidation sites excluding steroid dienone is 1. The normalized spacial score (nSPS) is 15.7. The molecule has 0 atom stereocenters. The van der Waals surface area contributed by atoms with Crippen LogP contribution in [0.5, 0.6) is 0 Å². The summed E-state index contributed by atoms with van der Waals surface area (Å²) in [7, 11) is 0. The Hall–Kier alpha value is -4.96. The van der Waals surface area contributed by atoms with Gasteiger partial charge in [0.25, 0.3) is 0 Å². The maximum absolute atomic E-state index is 14.9. The van der Waals surface area contributed by atoms with Crippen LogP contribution in [0, 0.1) is 11.7 Å². The van der Waals surface area contributed by atoms with E-state index in [1.54, 1.807) is 24.5 Å². The van der Waals surface area contributed by atoms with E-state index in [1.165, 1.54) is 51.6 Å². The number of aromatic nitrogens is 7.